The molecule has 0 spiro atoms. The van der Waals surface area contributed by atoms with E-state index in [9.17, 15) is 22.0 Å². The van der Waals surface area contributed by atoms with Gasteiger partial charge in [-0.05, 0) is 6.08 Å². The Labute approximate surface area is 90.9 Å². The molecule has 1 aromatic carbocycles. The zero-order valence-electron chi connectivity index (χ0n) is 6.72. The van der Waals surface area contributed by atoms with E-state index in [1.807, 2.05) is 0 Å². The number of hydrogen-bond acceptors (Lipinski definition) is 0. The summed E-state index contributed by atoms with van der Waals surface area (Å²) in [7, 11) is 0. The SMILES string of the molecule is Fc1c(F)c(F)c(C=C(Cl)Cl)c(F)c1F. The smallest absolute Gasteiger partial charge is 0.200 e. The summed E-state index contributed by atoms with van der Waals surface area (Å²) in [6.07, 6.45) is 0.430. The van der Waals surface area contributed by atoms with Gasteiger partial charge in [-0.2, -0.15) is 0 Å². The van der Waals surface area contributed by atoms with Crippen LogP contribution in [0.5, 0.6) is 0 Å². The first-order valence-electron chi connectivity index (χ1n) is 3.40. The minimum atomic E-state index is -2.23. The van der Waals surface area contributed by atoms with E-state index in [4.69, 9.17) is 23.2 Å². The molecule has 0 aliphatic heterocycles. The van der Waals surface area contributed by atoms with Crippen LogP contribution in [0.2, 0.25) is 0 Å². The molecule has 0 saturated heterocycles. The Morgan fingerprint density at radius 3 is 1.40 bits per heavy atom. The molecular weight excluding hydrogens is 262 g/mol. The van der Waals surface area contributed by atoms with Crippen LogP contribution in [0, 0.1) is 29.1 Å². The molecule has 1 rings (SSSR count). The Morgan fingerprint density at radius 1 is 0.733 bits per heavy atom. The van der Waals surface area contributed by atoms with Gasteiger partial charge in [0.05, 0.1) is 5.56 Å². The molecule has 7 heteroatoms. The summed E-state index contributed by atoms with van der Waals surface area (Å²) in [5.41, 5.74) is -1.17. The zero-order chi connectivity index (χ0) is 11.7. The average Bonchev–Trinajstić information content (AvgIpc) is 2.18. The Bertz CT molecular complexity index is 408. The molecule has 1 aromatic rings. The molecule has 0 aliphatic carbocycles. The standard InChI is InChI=1S/C8HCl2F5/c9-3(10)1-2-4(11)6(13)8(15)7(14)5(2)12/h1H. The molecule has 15 heavy (non-hydrogen) atoms. The molecule has 0 amide bonds. The van der Waals surface area contributed by atoms with Gasteiger partial charge in [-0.15, -0.1) is 0 Å². The van der Waals surface area contributed by atoms with Crippen molar-refractivity contribution < 1.29 is 22.0 Å². The summed E-state index contributed by atoms with van der Waals surface area (Å²) >= 11 is 10.1. The van der Waals surface area contributed by atoms with Crippen LogP contribution in [0.4, 0.5) is 22.0 Å². The quantitative estimate of drug-likeness (QED) is 0.405. The van der Waals surface area contributed by atoms with Gasteiger partial charge in [0.25, 0.3) is 0 Å². The van der Waals surface area contributed by atoms with Crippen molar-refractivity contribution in [1.29, 1.82) is 0 Å². The first-order valence-corrected chi connectivity index (χ1v) is 4.16. The summed E-state index contributed by atoms with van der Waals surface area (Å²) in [4.78, 5) is 0. The van der Waals surface area contributed by atoms with Gasteiger partial charge in [0.15, 0.2) is 23.3 Å². The summed E-state index contributed by atoms with van der Waals surface area (Å²) in [6, 6.07) is 0. The van der Waals surface area contributed by atoms with Gasteiger partial charge in [0.2, 0.25) is 5.82 Å². The first kappa shape index (κ1) is 12.3. The normalized spacial score (nSPS) is 10.3. The number of rotatable bonds is 1. The number of halogens is 7. The van der Waals surface area contributed by atoms with Crippen molar-refractivity contribution in [3.8, 4) is 0 Å². The second-order valence-corrected chi connectivity index (χ2v) is 3.43. The van der Waals surface area contributed by atoms with E-state index in [1.54, 1.807) is 0 Å². The zero-order valence-corrected chi connectivity index (χ0v) is 8.23. The third-order valence-electron chi connectivity index (χ3n) is 1.50. The molecule has 0 bridgehead atoms. The monoisotopic (exact) mass is 262 g/mol. The molecule has 0 unspecified atom stereocenters. The maximum atomic E-state index is 12.9. The molecule has 0 fully saturated rings. The second kappa shape index (κ2) is 4.37. The van der Waals surface area contributed by atoms with Crippen molar-refractivity contribution in [3.05, 3.63) is 39.1 Å². The second-order valence-electron chi connectivity index (χ2n) is 2.42. The average molecular weight is 263 g/mol. The fraction of sp³-hybridized carbons (Fsp3) is 0. The molecule has 0 atom stereocenters. The third kappa shape index (κ3) is 2.23. The van der Waals surface area contributed by atoms with Crippen LogP contribution in [0.25, 0.3) is 6.08 Å². The highest BCUT2D eigenvalue weighted by molar-refractivity contribution is 6.57. The van der Waals surface area contributed by atoms with E-state index in [0.29, 0.717) is 6.08 Å². The first-order chi connectivity index (χ1) is 6.86. The Kier molecular flexibility index (Phi) is 3.57. The predicted octanol–water partition coefficient (Wildman–Crippen LogP) is 4.16. The molecule has 0 radical (unpaired) electrons. The highest BCUT2D eigenvalue weighted by atomic mass is 35.5. The maximum absolute atomic E-state index is 12.9. The minimum absolute atomic E-state index is 0.430. The van der Waals surface area contributed by atoms with Crippen LogP contribution in [0.15, 0.2) is 4.49 Å². The lowest BCUT2D eigenvalue weighted by atomic mass is 10.1. The topological polar surface area (TPSA) is 0 Å². The van der Waals surface area contributed by atoms with Crippen molar-refractivity contribution in [2.75, 3.05) is 0 Å². The lowest BCUT2D eigenvalue weighted by Crippen LogP contribution is -2.03. The van der Waals surface area contributed by atoms with Gasteiger partial charge >= 0.3 is 0 Å². The van der Waals surface area contributed by atoms with E-state index in [1.165, 1.54) is 0 Å². The fourth-order valence-electron chi connectivity index (χ4n) is 0.858. The van der Waals surface area contributed by atoms with Crippen molar-refractivity contribution in [2.24, 2.45) is 0 Å². The number of hydrogen-bond donors (Lipinski definition) is 0. The van der Waals surface area contributed by atoms with Crippen molar-refractivity contribution in [3.63, 3.8) is 0 Å². The van der Waals surface area contributed by atoms with E-state index in [2.05, 4.69) is 0 Å². The van der Waals surface area contributed by atoms with Crippen LogP contribution in [-0.4, -0.2) is 0 Å². The van der Waals surface area contributed by atoms with E-state index in [-0.39, 0.29) is 0 Å². The van der Waals surface area contributed by atoms with Crippen molar-refractivity contribution in [2.45, 2.75) is 0 Å². The van der Waals surface area contributed by atoms with E-state index in [0.717, 1.165) is 0 Å². The van der Waals surface area contributed by atoms with Crippen LogP contribution in [0.1, 0.15) is 5.56 Å². The van der Waals surface area contributed by atoms with Gasteiger partial charge in [-0.3, -0.25) is 0 Å². The lowest BCUT2D eigenvalue weighted by molar-refractivity contribution is 0.377. The van der Waals surface area contributed by atoms with Gasteiger partial charge in [0, 0.05) is 0 Å². The van der Waals surface area contributed by atoms with Gasteiger partial charge in [-0.25, -0.2) is 22.0 Å². The highest BCUT2D eigenvalue weighted by Gasteiger charge is 2.24. The summed E-state index contributed by atoms with van der Waals surface area (Å²) < 4.78 is 62.8. The van der Waals surface area contributed by atoms with Crippen molar-refractivity contribution >= 4 is 29.3 Å². The van der Waals surface area contributed by atoms with Gasteiger partial charge in [-0.1, -0.05) is 23.2 Å². The summed E-state index contributed by atoms with van der Waals surface area (Å²) in [6.45, 7) is 0. The van der Waals surface area contributed by atoms with Crippen molar-refractivity contribution in [1.82, 2.24) is 0 Å². The Hall–Kier alpha value is -0.810. The van der Waals surface area contributed by atoms with Gasteiger partial charge < -0.3 is 0 Å². The fourth-order valence-corrected chi connectivity index (χ4v) is 1.08. The molecule has 0 heterocycles. The maximum Gasteiger partial charge on any atom is 0.200 e. The third-order valence-corrected chi connectivity index (χ3v) is 1.72. The molecule has 0 aromatic heterocycles. The minimum Gasteiger partial charge on any atom is -0.203 e. The van der Waals surface area contributed by atoms with Crippen LogP contribution >= 0.6 is 23.2 Å². The van der Waals surface area contributed by atoms with E-state index >= 15 is 0 Å². The van der Waals surface area contributed by atoms with Crippen LogP contribution in [0.3, 0.4) is 0 Å². The molecule has 0 nitrogen and oxygen atoms in total. The molecule has 0 N–H and O–H groups in total. The number of benzene rings is 1. The molecule has 0 saturated carbocycles. The highest BCUT2D eigenvalue weighted by Crippen LogP contribution is 2.26. The predicted molar refractivity (Wildman–Crippen MR) is 45.9 cm³/mol. The summed E-state index contributed by atoms with van der Waals surface area (Å²) in [5, 5.41) is 0. The summed E-state index contributed by atoms with van der Waals surface area (Å²) in [5.74, 6) is -10.3. The largest absolute Gasteiger partial charge is 0.203 e. The lowest BCUT2D eigenvalue weighted by Gasteiger charge is -2.03. The van der Waals surface area contributed by atoms with E-state index < -0.39 is 39.1 Å². The van der Waals surface area contributed by atoms with Gasteiger partial charge in [0.1, 0.15) is 4.49 Å². The Morgan fingerprint density at radius 2 is 1.07 bits per heavy atom. The molecular formula is C8HCl2F5. The Balaban J connectivity index is 3.60. The van der Waals surface area contributed by atoms with Crippen LogP contribution < -0.4 is 0 Å². The molecule has 82 valence electrons. The molecule has 0 aliphatic rings. The van der Waals surface area contributed by atoms with Crippen LogP contribution in [-0.2, 0) is 0 Å².